The third-order valence-electron chi connectivity index (χ3n) is 4.50. The van der Waals surface area contributed by atoms with Crippen molar-refractivity contribution in [1.82, 2.24) is 4.90 Å². The van der Waals surface area contributed by atoms with E-state index in [-0.39, 0.29) is 5.97 Å². The van der Waals surface area contributed by atoms with Gasteiger partial charge in [0, 0.05) is 37.4 Å². The van der Waals surface area contributed by atoms with Crippen molar-refractivity contribution >= 4 is 17.7 Å². The second-order valence-corrected chi connectivity index (χ2v) is 6.56. The molecule has 0 spiro atoms. The standard InChI is InChI=1S/C22H26N2O2/c1-2-26-22(25)13-10-18-8-11-20(12-9-18)23-21-14-15-24(17-21)16-19-6-4-3-5-7-19/h3-13,21,23H,2,14-17H2,1H3/t21-/m1/s1. The van der Waals surface area contributed by atoms with E-state index in [0.29, 0.717) is 12.6 Å². The Morgan fingerprint density at radius 1 is 1.19 bits per heavy atom. The van der Waals surface area contributed by atoms with Crippen LogP contribution in [0, 0.1) is 0 Å². The molecular weight excluding hydrogens is 324 g/mol. The highest BCUT2D eigenvalue weighted by Gasteiger charge is 2.22. The van der Waals surface area contributed by atoms with E-state index in [4.69, 9.17) is 4.74 Å². The average Bonchev–Trinajstić information content (AvgIpc) is 3.09. The number of hydrogen-bond donors (Lipinski definition) is 1. The first-order chi connectivity index (χ1) is 12.7. The van der Waals surface area contributed by atoms with Crippen LogP contribution >= 0.6 is 0 Å². The minimum atomic E-state index is -0.306. The van der Waals surface area contributed by atoms with Crippen molar-refractivity contribution in [2.24, 2.45) is 0 Å². The molecule has 1 heterocycles. The molecule has 0 amide bonds. The summed E-state index contributed by atoms with van der Waals surface area (Å²) in [5, 5.41) is 3.61. The molecule has 0 radical (unpaired) electrons. The predicted octanol–water partition coefficient (Wildman–Crippen LogP) is 3.95. The van der Waals surface area contributed by atoms with Crippen LogP contribution < -0.4 is 5.32 Å². The summed E-state index contributed by atoms with van der Waals surface area (Å²) < 4.78 is 4.89. The van der Waals surface area contributed by atoms with Crippen LogP contribution in [0.25, 0.3) is 6.08 Å². The van der Waals surface area contributed by atoms with Gasteiger partial charge in [-0.15, -0.1) is 0 Å². The third-order valence-corrected chi connectivity index (χ3v) is 4.50. The second-order valence-electron chi connectivity index (χ2n) is 6.56. The van der Waals surface area contributed by atoms with Crippen LogP contribution in [0.15, 0.2) is 60.7 Å². The molecule has 1 N–H and O–H groups in total. The number of nitrogens with one attached hydrogen (secondary N) is 1. The number of carbonyl (C=O) groups excluding carboxylic acids is 1. The molecule has 2 aromatic rings. The highest BCUT2D eigenvalue weighted by molar-refractivity contribution is 5.87. The van der Waals surface area contributed by atoms with Crippen molar-refractivity contribution in [2.75, 3.05) is 25.0 Å². The number of rotatable bonds is 7. The van der Waals surface area contributed by atoms with Gasteiger partial charge in [-0.2, -0.15) is 0 Å². The van der Waals surface area contributed by atoms with E-state index in [9.17, 15) is 4.79 Å². The number of hydrogen-bond acceptors (Lipinski definition) is 4. The number of nitrogens with zero attached hydrogens (tertiary/aromatic N) is 1. The van der Waals surface area contributed by atoms with Gasteiger partial charge < -0.3 is 10.1 Å². The summed E-state index contributed by atoms with van der Waals surface area (Å²) in [5.74, 6) is -0.306. The molecule has 1 aliphatic heterocycles. The van der Waals surface area contributed by atoms with E-state index in [1.807, 2.05) is 12.1 Å². The van der Waals surface area contributed by atoms with Crippen molar-refractivity contribution < 1.29 is 9.53 Å². The molecule has 2 aromatic carbocycles. The van der Waals surface area contributed by atoms with E-state index < -0.39 is 0 Å². The Balaban J connectivity index is 1.48. The Kier molecular flexibility index (Phi) is 6.45. The lowest BCUT2D eigenvalue weighted by Gasteiger charge is -2.17. The lowest BCUT2D eigenvalue weighted by molar-refractivity contribution is -0.137. The van der Waals surface area contributed by atoms with Crippen molar-refractivity contribution in [2.45, 2.75) is 25.9 Å². The molecule has 1 fully saturated rings. The molecule has 4 nitrogen and oxygen atoms in total. The fraction of sp³-hybridized carbons (Fsp3) is 0.318. The van der Waals surface area contributed by atoms with E-state index in [2.05, 4.69) is 52.7 Å². The zero-order valence-corrected chi connectivity index (χ0v) is 15.2. The smallest absolute Gasteiger partial charge is 0.330 e. The van der Waals surface area contributed by atoms with E-state index in [0.717, 1.165) is 37.3 Å². The zero-order chi connectivity index (χ0) is 18.2. The number of benzene rings is 2. The molecule has 0 saturated carbocycles. The van der Waals surface area contributed by atoms with Crippen LogP contribution in [0.5, 0.6) is 0 Å². The van der Waals surface area contributed by atoms with Crippen molar-refractivity contribution in [3.05, 3.63) is 71.8 Å². The summed E-state index contributed by atoms with van der Waals surface area (Å²) in [6.45, 7) is 5.38. The summed E-state index contributed by atoms with van der Waals surface area (Å²) in [6, 6.07) is 19.2. The van der Waals surface area contributed by atoms with Gasteiger partial charge >= 0.3 is 5.97 Å². The molecule has 4 heteroatoms. The minimum Gasteiger partial charge on any atom is -0.463 e. The SMILES string of the molecule is CCOC(=O)C=Cc1ccc(N[C@@H]2CCN(Cc3ccccc3)C2)cc1. The van der Waals surface area contributed by atoms with Gasteiger partial charge in [0.2, 0.25) is 0 Å². The van der Waals surface area contributed by atoms with Gasteiger partial charge in [-0.25, -0.2) is 4.79 Å². The second kappa shape index (κ2) is 9.20. The molecule has 1 saturated heterocycles. The van der Waals surface area contributed by atoms with Crippen LogP contribution in [-0.4, -0.2) is 36.6 Å². The Hall–Kier alpha value is -2.59. The minimum absolute atomic E-state index is 0.306. The van der Waals surface area contributed by atoms with Gasteiger partial charge in [0.25, 0.3) is 0 Å². The van der Waals surface area contributed by atoms with Gasteiger partial charge in [0.15, 0.2) is 0 Å². The van der Waals surface area contributed by atoms with Crippen LogP contribution in [-0.2, 0) is 16.1 Å². The van der Waals surface area contributed by atoms with Crippen LogP contribution in [0.3, 0.4) is 0 Å². The Bertz CT molecular complexity index is 726. The van der Waals surface area contributed by atoms with Crippen LogP contribution in [0.1, 0.15) is 24.5 Å². The highest BCUT2D eigenvalue weighted by atomic mass is 16.5. The first-order valence-corrected chi connectivity index (χ1v) is 9.20. The number of ether oxygens (including phenoxy) is 1. The molecule has 0 bridgehead atoms. The van der Waals surface area contributed by atoms with Crippen molar-refractivity contribution in [1.29, 1.82) is 0 Å². The number of carbonyl (C=O) groups is 1. The first kappa shape index (κ1) is 18.2. The van der Waals surface area contributed by atoms with Crippen molar-refractivity contribution in [3.63, 3.8) is 0 Å². The summed E-state index contributed by atoms with van der Waals surface area (Å²) >= 11 is 0. The molecule has 0 aliphatic carbocycles. The number of anilines is 1. The average molecular weight is 350 g/mol. The number of esters is 1. The normalized spacial score (nSPS) is 17.5. The Labute approximate surface area is 155 Å². The zero-order valence-electron chi connectivity index (χ0n) is 15.2. The summed E-state index contributed by atoms with van der Waals surface area (Å²) in [4.78, 5) is 13.8. The number of likely N-dealkylation sites (tertiary alicyclic amines) is 1. The maximum atomic E-state index is 11.3. The highest BCUT2D eigenvalue weighted by Crippen LogP contribution is 2.19. The summed E-state index contributed by atoms with van der Waals surface area (Å²) in [6.07, 6.45) is 4.39. The molecule has 1 atom stereocenters. The molecule has 0 aromatic heterocycles. The van der Waals surface area contributed by atoms with Crippen LogP contribution in [0.4, 0.5) is 5.69 Å². The third kappa shape index (κ3) is 5.46. The van der Waals surface area contributed by atoms with Gasteiger partial charge in [0.05, 0.1) is 6.61 Å². The summed E-state index contributed by atoms with van der Waals surface area (Å²) in [5.41, 5.74) is 3.47. The lowest BCUT2D eigenvalue weighted by Crippen LogP contribution is -2.25. The molecule has 3 rings (SSSR count). The summed E-state index contributed by atoms with van der Waals surface area (Å²) in [7, 11) is 0. The van der Waals surface area contributed by atoms with Crippen LogP contribution in [0.2, 0.25) is 0 Å². The van der Waals surface area contributed by atoms with Crippen molar-refractivity contribution in [3.8, 4) is 0 Å². The van der Waals surface area contributed by atoms with E-state index in [1.165, 1.54) is 11.6 Å². The molecule has 0 unspecified atom stereocenters. The fourth-order valence-electron chi connectivity index (χ4n) is 3.22. The maximum Gasteiger partial charge on any atom is 0.330 e. The monoisotopic (exact) mass is 350 g/mol. The van der Waals surface area contributed by atoms with Gasteiger partial charge in [-0.3, -0.25) is 4.90 Å². The quantitative estimate of drug-likeness (QED) is 0.606. The lowest BCUT2D eigenvalue weighted by atomic mass is 10.1. The fourth-order valence-corrected chi connectivity index (χ4v) is 3.22. The Morgan fingerprint density at radius 2 is 1.96 bits per heavy atom. The topological polar surface area (TPSA) is 41.6 Å². The molecular formula is C22H26N2O2. The van der Waals surface area contributed by atoms with Gasteiger partial charge in [-0.1, -0.05) is 42.5 Å². The molecule has 1 aliphatic rings. The van der Waals surface area contributed by atoms with Gasteiger partial charge in [-0.05, 0) is 42.7 Å². The predicted molar refractivity (Wildman–Crippen MR) is 106 cm³/mol. The van der Waals surface area contributed by atoms with E-state index >= 15 is 0 Å². The first-order valence-electron chi connectivity index (χ1n) is 9.20. The molecule has 26 heavy (non-hydrogen) atoms. The van der Waals surface area contributed by atoms with Gasteiger partial charge in [0.1, 0.15) is 0 Å². The Morgan fingerprint density at radius 3 is 2.69 bits per heavy atom. The van der Waals surface area contributed by atoms with E-state index in [1.54, 1.807) is 13.0 Å². The maximum absolute atomic E-state index is 11.3. The largest absolute Gasteiger partial charge is 0.463 e. The molecule has 136 valence electrons.